The lowest BCUT2D eigenvalue weighted by Gasteiger charge is -2.26. The molecule has 0 bridgehead atoms. The predicted molar refractivity (Wildman–Crippen MR) is 314 cm³/mol. The van der Waals surface area contributed by atoms with Gasteiger partial charge in [0.1, 0.15) is 6.07 Å². The first-order chi connectivity index (χ1) is 41.7. The SMILES string of the molecule is [2H]c1c([2H])c([2H])c2c(sc3c2c([2H])c([2H])c2c4c([2H])c([2H])c5c(sc6c([2H])c([2H])c([2H])c([2H])c65)c4n(-c4c(C#N)c(-c5cccc(-c6ccccc6)c5)c([N+]#[C-])c(-n5c6ccccc6c6ccccc65)c4-c4cccc(-c5ccccc5)c4)c32)c1[2H]. The van der Waals surface area contributed by atoms with Crippen LogP contribution in [0.2, 0.25) is 0 Å². The third-order valence-corrected chi connectivity index (χ3v) is 16.3. The summed E-state index contributed by atoms with van der Waals surface area (Å²) in [7, 11) is 0. The van der Waals surface area contributed by atoms with E-state index in [0.717, 1.165) is 55.7 Å². The van der Waals surface area contributed by atoms with E-state index in [2.05, 4.69) is 10.9 Å². The lowest BCUT2D eigenvalue weighted by atomic mass is 9.87. The Kier molecular flexibility index (Phi) is 7.07. The van der Waals surface area contributed by atoms with Crippen LogP contribution in [0.5, 0.6) is 0 Å². The van der Waals surface area contributed by atoms with Gasteiger partial charge in [-0.15, -0.1) is 22.7 Å². The average molecular weight is 987 g/mol. The predicted octanol–water partition coefficient (Wildman–Crippen LogP) is 19.7. The van der Waals surface area contributed by atoms with Gasteiger partial charge >= 0.3 is 0 Å². The minimum Gasteiger partial charge on any atom is -0.318 e. The first-order valence-electron chi connectivity index (χ1n) is 29.7. The minimum absolute atomic E-state index is 0.000158. The summed E-state index contributed by atoms with van der Waals surface area (Å²) in [5, 5.41) is 14.4. The summed E-state index contributed by atoms with van der Waals surface area (Å²) in [5.74, 6) is 0. The van der Waals surface area contributed by atoms with Crippen molar-refractivity contribution >= 4 is 112 Å². The van der Waals surface area contributed by atoms with Crippen LogP contribution in [0.3, 0.4) is 0 Å². The maximum Gasteiger partial charge on any atom is 0.220 e. The van der Waals surface area contributed by atoms with Crippen LogP contribution in [0.25, 0.3) is 145 Å². The van der Waals surface area contributed by atoms with Gasteiger partial charge in [-0.1, -0.05) is 194 Å². The van der Waals surface area contributed by atoms with E-state index in [9.17, 15) is 22.8 Å². The second kappa shape index (κ2) is 16.5. The van der Waals surface area contributed by atoms with E-state index in [1.54, 1.807) is 4.57 Å². The maximum atomic E-state index is 12.6. The highest BCUT2D eigenvalue weighted by atomic mass is 32.1. The summed E-state index contributed by atoms with van der Waals surface area (Å²) < 4.78 is 118. The Labute approximate surface area is 450 Å². The highest BCUT2D eigenvalue weighted by Crippen LogP contribution is 2.55. The van der Waals surface area contributed by atoms with Crippen molar-refractivity contribution in [2.24, 2.45) is 0 Å². The smallest absolute Gasteiger partial charge is 0.220 e. The van der Waals surface area contributed by atoms with Crippen molar-refractivity contribution in [3.05, 3.63) is 247 Å². The quantitative estimate of drug-likeness (QED) is 0.153. The molecule has 0 amide bonds. The largest absolute Gasteiger partial charge is 0.318 e. The Balaban J connectivity index is 1.30. The second-order valence-electron chi connectivity index (χ2n) is 18.0. The van der Waals surface area contributed by atoms with Crippen LogP contribution >= 0.6 is 22.7 Å². The summed E-state index contributed by atoms with van der Waals surface area (Å²) in [6, 6.07) is 47.7. The van der Waals surface area contributed by atoms with Crippen molar-refractivity contribution in [2.45, 2.75) is 0 Å². The summed E-state index contributed by atoms with van der Waals surface area (Å²) in [6.07, 6.45) is 0. The number of para-hydroxylation sites is 2. The van der Waals surface area contributed by atoms with Gasteiger partial charge in [-0.05, 0) is 69.7 Å². The van der Waals surface area contributed by atoms with Crippen LogP contribution in [-0.2, 0) is 0 Å². The molecule has 15 rings (SSSR count). The van der Waals surface area contributed by atoms with E-state index in [0.29, 0.717) is 33.4 Å². The normalized spacial score (nSPS) is 14.0. The fourth-order valence-electron chi connectivity index (χ4n) is 11.0. The number of nitrogens with zero attached hydrogens (tertiary/aromatic N) is 4. The number of benzene rings is 11. The van der Waals surface area contributed by atoms with Gasteiger partial charge in [0.2, 0.25) is 5.69 Å². The summed E-state index contributed by atoms with van der Waals surface area (Å²) in [4.78, 5) is 4.53. The van der Waals surface area contributed by atoms with E-state index >= 15 is 0 Å². The van der Waals surface area contributed by atoms with Gasteiger partial charge in [0, 0.05) is 63.6 Å². The van der Waals surface area contributed by atoms with Crippen molar-refractivity contribution in [3.63, 3.8) is 0 Å². The molecule has 11 aromatic carbocycles. The second-order valence-corrected chi connectivity index (χ2v) is 20.0. The molecule has 4 heterocycles. The minimum atomic E-state index is -0.548. The Morgan fingerprint density at radius 1 is 0.419 bits per heavy atom. The van der Waals surface area contributed by atoms with Crippen molar-refractivity contribution in [1.29, 1.82) is 5.26 Å². The van der Waals surface area contributed by atoms with Crippen LogP contribution in [-0.4, -0.2) is 9.13 Å². The number of nitriles is 1. The maximum absolute atomic E-state index is 12.6. The van der Waals surface area contributed by atoms with Gasteiger partial charge in [-0.25, -0.2) is 4.85 Å². The van der Waals surface area contributed by atoms with Crippen LogP contribution in [0.4, 0.5) is 5.69 Å². The van der Waals surface area contributed by atoms with Crippen molar-refractivity contribution in [2.75, 3.05) is 0 Å². The van der Waals surface area contributed by atoms with E-state index in [4.69, 9.17) is 5.48 Å². The average Bonchev–Trinajstić information content (AvgIpc) is 1.51. The first-order valence-corrected chi connectivity index (χ1v) is 25.3. The molecule has 74 heavy (non-hydrogen) atoms. The molecule has 0 aliphatic heterocycles. The lowest BCUT2D eigenvalue weighted by Crippen LogP contribution is -2.09. The number of fused-ring (bicyclic) bond motifs is 14. The van der Waals surface area contributed by atoms with Gasteiger partial charge in [-0.3, -0.25) is 0 Å². The van der Waals surface area contributed by atoms with E-state index < -0.39 is 60.4 Å². The Morgan fingerprint density at radius 3 is 1.38 bits per heavy atom. The van der Waals surface area contributed by atoms with Crippen molar-refractivity contribution < 1.29 is 16.4 Å². The molecule has 0 spiro atoms. The highest BCUT2D eigenvalue weighted by Gasteiger charge is 2.33. The monoisotopic (exact) mass is 986 g/mol. The molecule has 0 radical (unpaired) electrons. The molecule has 6 heteroatoms. The molecule has 0 aliphatic carbocycles. The standard InChI is InChI=1S/C68H38N4S2/c1-70-62-60(45-24-16-22-43(38-45)41-18-4-2-5-19-41)55(40-69)63(61(46-25-17-23-44(39-46)42-20-6-3-7-21-42)66(62)71-56-30-12-8-26-47(56)48-27-9-13-31-57(48)71)72-64-51(34-36-53-49-28-10-14-32-58(49)73-67(53)64)52-35-37-54-50-29-11-15-33-59(50)74-68(54)65(52)72/h2-39H/i10D,11D,14D,15D,28D,29D,32D,33D,34D,35D,36D,37D. The van der Waals surface area contributed by atoms with Gasteiger partial charge in [0.25, 0.3) is 0 Å². The molecular formula is C68H38N4S2. The molecule has 15 aromatic rings. The molecule has 0 aliphatic rings. The Bertz CT molecular complexity index is 5440. The fraction of sp³-hybridized carbons (Fsp3) is 0. The molecule has 0 saturated carbocycles. The number of aromatic nitrogens is 2. The molecule has 342 valence electrons. The highest BCUT2D eigenvalue weighted by molar-refractivity contribution is 7.27. The zero-order chi connectivity index (χ0) is 59.5. The van der Waals surface area contributed by atoms with Crippen LogP contribution in [0.15, 0.2) is 230 Å². The van der Waals surface area contributed by atoms with Gasteiger partial charge in [0.05, 0.1) is 71.4 Å². The van der Waals surface area contributed by atoms with Crippen LogP contribution in [0.1, 0.15) is 22.0 Å². The van der Waals surface area contributed by atoms with Crippen molar-refractivity contribution in [1.82, 2.24) is 9.13 Å². The summed E-state index contributed by atoms with van der Waals surface area (Å²) >= 11 is 1.95. The van der Waals surface area contributed by atoms with E-state index in [1.165, 1.54) is 0 Å². The molecule has 4 nitrogen and oxygen atoms in total. The van der Waals surface area contributed by atoms with Gasteiger partial charge in [0.15, 0.2) is 0 Å². The van der Waals surface area contributed by atoms with E-state index in [1.807, 2.05) is 162 Å². The first kappa shape index (κ1) is 31.7. The van der Waals surface area contributed by atoms with E-state index in [-0.39, 0.29) is 96.7 Å². The molecule has 0 fully saturated rings. The van der Waals surface area contributed by atoms with Crippen LogP contribution < -0.4 is 0 Å². The third kappa shape index (κ3) is 6.11. The molecular weight excluding hydrogens is 937 g/mol. The van der Waals surface area contributed by atoms with Crippen LogP contribution in [0, 0.1) is 17.9 Å². The zero-order valence-corrected chi connectivity index (χ0v) is 40.2. The molecule has 0 atom stereocenters. The Hall–Kier alpha value is -9.56. The molecule has 4 aromatic heterocycles. The molecule has 0 saturated heterocycles. The third-order valence-electron chi connectivity index (χ3n) is 14.1. The number of hydrogen-bond donors (Lipinski definition) is 0. The number of rotatable bonds is 6. The number of thiophene rings is 2. The Morgan fingerprint density at radius 2 is 0.865 bits per heavy atom. The van der Waals surface area contributed by atoms with Gasteiger partial charge in [-0.2, -0.15) is 5.26 Å². The van der Waals surface area contributed by atoms with Gasteiger partial charge < -0.3 is 9.13 Å². The zero-order valence-electron chi connectivity index (χ0n) is 50.6. The molecule has 0 unspecified atom stereocenters. The number of hydrogen-bond acceptors (Lipinski definition) is 3. The fourth-order valence-corrected chi connectivity index (χ4v) is 13.2. The summed E-state index contributed by atoms with van der Waals surface area (Å²) in [5.41, 5.74) is 7.03. The lowest BCUT2D eigenvalue weighted by molar-refractivity contribution is 1.14. The summed E-state index contributed by atoms with van der Waals surface area (Å²) in [6.45, 7) is 9.59. The topological polar surface area (TPSA) is 38.0 Å². The van der Waals surface area contributed by atoms with Crippen molar-refractivity contribution in [3.8, 4) is 62.0 Å². The molecule has 0 N–H and O–H groups in total.